The number of carboxylic acids is 1. The van der Waals surface area contributed by atoms with Crippen molar-refractivity contribution in [3.05, 3.63) is 27.1 Å². The summed E-state index contributed by atoms with van der Waals surface area (Å²) in [6.07, 6.45) is 0.134. The fourth-order valence-electron chi connectivity index (χ4n) is 3.33. The van der Waals surface area contributed by atoms with Crippen molar-refractivity contribution in [2.45, 2.75) is 45.2 Å². The summed E-state index contributed by atoms with van der Waals surface area (Å²) >= 11 is 4.76. The number of hydrogen-bond donors (Lipinski definition) is 2. The Morgan fingerprint density at radius 2 is 2.07 bits per heavy atom. The summed E-state index contributed by atoms with van der Waals surface area (Å²) < 4.78 is 7.51. The summed E-state index contributed by atoms with van der Waals surface area (Å²) in [5.41, 5.74) is 1.91. The topological polar surface area (TPSA) is 131 Å². The molecule has 162 valence electrons. The molecule has 30 heavy (non-hydrogen) atoms. The zero-order chi connectivity index (χ0) is 22.2. The average Bonchev–Trinajstić information content (AvgIpc) is 2.94. The van der Waals surface area contributed by atoms with Gasteiger partial charge in [-0.15, -0.1) is 11.8 Å². The van der Waals surface area contributed by atoms with Crippen LogP contribution in [0.15, 0.2) is 15.7 Å². The molecule has 2 amide bonds. The number of carbonyl (C=O) groups is 4. The molecule has 1 aromatic rings. The number of β-lactam (4-membered cyclic amide) rings is 1. The van der Waals surface area contributed by atoms with Gasteiger partial charge >= 0.3 is 11.9 Å². The molecule has 0 saturated carbocycles. The van der Waals surface area contributed by atoms with Crippen molar-refractivity contribution in [2.24, 2.45) is 0 Å². The summed E-state index contributed by atoms with van der Waals surface area (Å²) in [6.45, 7) is 5.15. The first-order valence-corrected chi connectivity index (χ1v) is 11.0. The van der Waals surface area contributed by atoms with E-state index in [0.717, 1.165) is 20.8 Å². The van der Waals surface area contributed by atoms with Crippen molar-refractivity contribution >= 4 is 51.4 Å². The molecule has 0 unspecified atom stereocenters. The minimum atomic E-state index is -1.27. The lowest BCUT2D eigenvalue weighted by Gasteiger charge is -2.49. The highest BCUT2D eigenvalue weighted by Gasteiger charge is 2.54. The van der Waals surface area contributed by atoms with Crippen molar-refractivity contribution in [2.75, 3.05) is 12.4 Å². The van der Waals surface area contributed by atoms with E-state index in [1.54, 1.807) is 4.68 Å². The SMILES string of the molecule is CC(=O)OCC1=C(C(=O)O)N2C(=O)[C@H](NC(=O)CCn3nc(C)c(Br)c3C)[C@H]2SC1. The Morgan fingerprint density at radius 1 is 1.37 bits per heavy atom. The number of rotatable bonds is 7. The normalized spacial score (nSPS) is 20.5. The smallest absolute Gasteiger partial charge is 0.352 e. The number of carboxylic acid groups (broad SMARTS) is 1. The van der Waals surface area contributed by atoms with Crippen LogP contribution in [0.5, 0.6) is 0 Å². The molecule has 3 heterocycles. The monoisotopic (exact) mass is 500 g/mol. The van der Waals surface area contributed by atoms with E-state index < -0.39 is 29.3 Å². The number of fused-ring (bicyclic) bond motifs is 1. The highest BCUT2D eigenvalue weighted by Crippen LogP contribution is 2.40. The summed E-state index contributed by atoms with van der Waals surface area (Å²) in [7, 11) is 0. The fourth-order valence-corrected chi connectivity index (χ4v) is 4.94. The number of ether oxygens (including phenoxy) is 1. The van der Waals surface area contributed by atoms with Gasteiger partial charge in [-0.3, -0.25) is 24.0 Å². The number of aryl methyl sites for hydroxylation is 2. The molecular weight excluding hydrogens is 480 g/mol. The molecule has 2 atom stereocenters. The molecule has 2 aliphatic heterocycles. The second-order valence-corrected chi connectivity index (χ2v) is 8.85. The van der Waals surface area contributed by atoms with Crippen molar-refractivity contribution in [1.29, 1.82) is 0 Å². The number of amides is 2. The largest absolute Gasteiger partial charge is 0.477 e. The van der Waals surface area contributed by atoms with Crippen LogP contribution >= 0.6 is 27.7 Å². The number of aromatic nitrogens is 2. The van der Waals surface area contributed by atoms with Gasteiger partial charge in [0, 0.05) is 30.4 Å². The lowest BCUT2D eigenvalue weighted by Crippen LogP contribution is -2.70. The minimum Gasteiger partial charge on any atom is -0.477 e. The average molecular weight is 501 g/mol. The molecule has 0 bridgehead atoms. The number of aliphatic carboxylic acids is 1. The zero-order valence-corrected chi connectivity index (χ0v) is 19.0. The number of carbonyl (C=O) groups excluding carboxylic acids is 3. The van der Waals surface area contributed by atoms with Gasteiger partial charge in [0.15, 0.2) is 0 Å². The first-order valence-electron chi connectivity index (χ1n) is 9.14. The Labute approximate surface area is 185 Å². The first kappa shape index (κ1) is 22.3. The summed E-state index contributed by atoms with van der Waals surface area (Å²) in [4.78, 5) is 48.8. The molecule has 0 radical (unpaired) electrons. The Morgan fingerprint density at radius 3 is 2.63 bits per heavy atom. The van der Waals surface area contributed by atoms with E-state index >= 15 is 0 Å². The van der Waals surface area contributed by atoms with Crippen LogP contribution in [0, 0.1) is 13.8 Å². The quantitative estimate of drug-likeness (QED) is 0.417. The van der Waals surface area contributed by atoms with Crippen molar-refractivity contribution < 1.29 is 29.0 Å². The Hall–Kier alpha value is -2.34. The van der Waals surface area contributed by atoms with Gasteiger partial charge in [-0.05, 0) is 29.8 Å². The number of nitrogens with one attached hydrogen (secondary N) is 1. The number of esters is 1. The number of thioether (sulfide) groups is 1. The molecule has 10 nitrogen and oxygen atoms in total. The summed E-state index contributed by atoms with van der Waals surface area (Å²) in [5, 5.41) is 16.1. The van der Waals surface area contributed by atoms with Gasteiger partial charge in [-0.1, -0.05) is 0 Å². The van der Waals surface area contributed by atoms with Crippen molar-refractivity contribution in [3.63, 3.8) is 0 Å². The molecule has 2 N–H and O–H groups in total. The van der Waals surface area contributed by atoms with Crippen LogP contribution in [-0.2, 0) is 30.5 Å². The van der Waals surface area contributed by atoms with Crippen LogP contribution in [0.1, 0.15) is 24.7 Å². The first-order chi connectivity index (χ1) is 14.1. The Bertz CT molecular complexity index is 959. The maximum atomic E-state index is 12.6. The van der Waals surface area contributed by atoms with E-state index in [9.17, 15) is 24.3 Å². The number of halogens is 1. The van der Waals surface area contributed by atoms with Crippen molar-refractivity contribution in [3.8, 4) is 0 Å². The van der Waals surface area contributed by atoms with E-state index in [2.05, 4.69) is 26.3 Å². The highest BCUT2D eigenvalue weighted by atomic mass is 79.9. The van der Waals surface area contributed by atoms with Gasteiger partial charge in [0.05, 0.1) is 16.7 Å². The van der Waals surface area contributed by atoms with Gasteiger partial charge in [0.2, 0.25) is 5.91 Å². The van der Waals surface area contributed by atoms with Crippen LogP contribution < -0.4 is 5.32 Å². The maximum Gasteiger partial charge on any atom is 0.352 e. The molecular formula is C18H21BrN4O6S. The van der Waals surface area contributed by atoms with Gasteiger partial charge in [-0.25, -0.2) is 4.79 Å². The predicted octanol–water partition coefficient (Wildman–Crippen LogP) is 0.954. The zero-order valence-electron chi connectivity index (χ0n) is 16.6. The van der Waals surface area contributed by atoms with Gasteiger partial charge in [0.1, 0.15) is 23.7 Å². The van der Waals surface area contributed by atoms with Crippen LogP contribution in [-0.4, -0.2) is 67.3 Å². The molecule has 1 aromatic heterocycles. The standard InChI is InChI=1S/C18H21BrN4O6S/c1-8-13(19)9(2)22(21-8)5-4-12(25)20-14-16(26)23-15(18(27)28)11(6-29-10(3)24)7-30-17(14)23/h14,17H,4-7H2,1-3H3,(H,20,25)(H,27,28)/t14-,17+/m0/s1. The highest BCUT2D eigenvalue weighted by molar-refractivity contribution is 9.10. The van der Waals surface area contributed by atoms with E-state index in [1.807, 2.05) is 13.8 Å². The third-order valence-corrected chi connectivity index (χ3v) is 7.35. The predicted molar refractivity (Wildman–Crippen MR) is 110 cm³/mol. The molecule has 1 fully saturated rings. The van der Waals surface area contributed by atoms with E-state index in [4.69, 9.17) is 4.74 Å². The maximum absolute atomic E-state index is 12.6. The lowest BCUT2D eigenvalue weighted by atomic mass is 10.0. The van der Waals surface area contributed by atoms with Crippen molar-refractivity contribution in [1.82, 2.24) is 20.0 Å². The molecule has 0 aliphatic carbocycles. The van der Waals surface area contributed by atoms with Crippen LogP contribution in [0.2, 0.25) is 0 Å². The van der Waals surface area contributed by atoms with E-state index in [1.165, 1.54) is 18.7 Å². The van der Waals surface area contributed by atoms with Crippen LogP contribution in [0.25, 0.3) is 0 Å². The molecule has 1 saturated heterocycles. The minimum absolute atomic E-state index is 0.134. The van der Waals surface area contributed by atoms with Crippen LogP contribution in [0.4, 0.5) is 0 Å². The Balaban J connectivity index is 1.63. The van der Waals surface area contributed by atoms with Gasteiger partial charge in [0.25, 0.3) is 5.91 Å². The summed E-state index contributed by atoms with van der Waals surface area (Å²) in [6, 6.07) is -0.792. The third kappa shape index (κ3) is 4.24. The third-order valence-electron chi connectivity index (χ3n) is 4.86. The molecule has 2 aliphatic rings. The second-order valence-electron chi connectivity index (χ2n) is 6.95. The fraction of sp³-hybridized carbons (Fsp3) is 0.500. The van der Waals surface area contributed by atoms with E-state index in [-0.39, 0.29) is 30.4 Å². The molecule has 12 heteroatoms. The summed E-state index contributed by atoms with van der Waals surface area (Å²) in [5.74, 6) is -2.32. The molecule has 0 spiro atoms. The van der Waals surface area contributed by atoms with Crippen LogP contribution in [0.3, 0.4) is 0 Å². The number of nitrogens with zero attached hydrogens (tertiary/aromatic N) is 3. The number of hydrogen-bond acceptors (Lipinski definition) is 7. The second kappa shape index (κ2) is 8.80. The Kier molecular flexibility index (Phi) is 6.56. The lowest BCUT2D eigenvalue weighted by molar-refractivity contribution is -0.151. The van der Waals surface area contributed by atoms with Gasteiger partial charge < -0.3 is 15.2 Å². The molecule has 3 rings (SSSR count). The van der Waals surface area contributed by atoms with E-state index in [0.29, 0.717) is 12.1 Å². The van der Waals surface area contributed by atoms with Gasteiger partial charge in [-0.2, -0.15) is 5.10 Å². The molecule has 0 aromatic carbocycles.